The van der Waals surface area contributed by atoms with Gasteiger partial charge in [-0.1, -0.05) is 6.07 Å². The number of carbonyl (C=O) groups excluding carboxylic acids is 2. The summed E-state index contributed by atoms with van der Waals surface area (Å²) in [5, 5.41) is 0. The molecule has 2 rings (SSSR count). The van der Waals surface area contributed by atoms with Crippen LogP contribution in [-0.4, -0.2) is 31.6 Å². The van der Waals surface area contributed by atoms with Gasteiger partial charge in [0, 0.05) is 19.0 Å². The number of para-hydroxylation sites is 1. The van der Waals surface area contributed by atoms with E-state index >= 15 is 0 Å². The SMILES string of the molecule is COC(=O)c1cccc(N)c1N1CC(N)CC1=O. The Hall–Kier alpha value is -2.08. The van der Waals surface area contributed by atoms with Gasteiger partial charge in [0.2, 0.25) is 5.91 Å². The highest BCUT2D eigenvalue weighted by Crippen LogP contribution is 2.31. The molecule has 96 valence electrons. The maximum atomic E-state index is 11.8. The van der Waals surface area contributed by atoms with Crippen molar-refractivity contribution in [2.45, 2.75) is 12.5 Å². The number of anilines is 2. The summed E-state index contributed by atoms with van der Waals surface area (Å²) >= 11 is 0. The second-order valence-corrected chi connectivity index (χ2v) is 4.20. The van der Waals surface area contributed by atoms with Crippen LogP contribution in [0.4, 0.5) is 11.4 Å². The van der Waals surface area contributed by atoms with Gasteiger partial charge in [0.25, 0.3) is 0 Å². The Morgan fingerprint density at radius 1 is 1.50 bits per heavy atom. The standard InChI is InChI=1S/C12H15N3O3/c1-18-12(17)8-3-2-4-9(14)11(8)15-6-7(13)5-10(15)16/h2-4,7H,5-6,13-14H2,1H3. The van der Waals surface area contributed by atoms with Crippen molar-refractivity contribution in [2.75, 3.05) is 24.3 Å². The maximum Gasteiger partial charge on any atom is 0.340 e. The van der Waals surface area contributed by atoms with E-state index in [1.54, 1.807) is 18.2 Å². The lowest BCUT2D eigenvalue weighted by atomic mass is 10.1. The third-order valence-electron chi connectivity index (χ3n) is 2.90. The van der Waals surface area contributed by atoms with Gasteiger partial charge in [-0.15, -0.1) is 0 Å². The molecule has 0 aliphatic carbocycles. The first-order chi connectivity index (χ1) is 8.54. The summed E-state index contributed by atoms with van der Waals surface area (Å²) in [6.07, 6.45) is 0.259. The second kappa shape index (κ2) is 4.66. The third-order valence-corrected chi connectivity index (χ3v) is 2.90. The molecule has 6 heteroatoms. The molecular formula is C12H15N3O3. The molecule has 0 saturated carbocycles. The number of nitrogens with zero attached hydrogens (tertiary/aromatic N) is 1. The van der Waals surface area contributed by atoms with Gasteiger partial charge < -0.3 is 21.1 Å². The zero-order chi connectivity index (χ0) is 13.3. The summed E-state index contributed by atoms with van der Waals surface area (Å²) in [6, 6.07) is 4.63. The minimum atomic E-state index is -0.523. The van der Waals surface area contributed by atoms with Crippen molar-refractivity contribution < 1.29 is 14.3 Å². The maximum absolute atomic E-state index is 11.8. The Kier molecular flexibility index (Phi) is 3.20. The second-order valence-electron chi connectivity index (χ2n) is 4.20. The average molecular weight is 249 g/mol. The smallest absolute Gasteiger partial charge is 0.340 e. The van der Waals surface area contributed by atoms with Crippen LogP contribution in [0.3, 0.4) is 0 Å². The van der Waals surface area contributed by atoms with Gasteiger partial charge in [0.05, 0.1) is 24.0 Å². The molecule has 1 aliphatic heterocycles. The van der Waals surface area contributed by atoms with Gasteiger partial charge in [-0.05, 0) is 12.1 Å². The van der Waals surface area contributed by atoms with Crippen molar-refractivity contribution >= 4 is 23.3 Å². The molecular weight excluding hydrogens is 234 g/mol. The summed E-state index contributed by atoms with van der Waals surface area (Å²) in [5.74, 6) is -0.656. The van der Waals surface area contributed by atoms with E-state index in [9.17, 15) is 9.59 Å². The predicted molar refractivity (Wildman–Crippen MR) is 67.1 cm³/mol. The van der Waals surface area contributed by atoms with E-state index in [4.69, 9.17) is 11.5 Å². The number of rotatable bonds is 2. The van der Waals surface area contributed by atoms with Crippen LogP contribution in [0.15, 0.2) is 18.2 Å². The van der Waals surface area contributed by atoms with E-state index < -0.39 is 5.97 Å². The van der Waals surface area contributed by atoms with Crippen LogP contribution in [-0.2, 0) is 9.53 Å². The predicted octanol–water partition coefficient (Wildman–Crippen LogP) is 0.119. The molecule has 1 aromatic rings. The summed E-state index contributed by atoms with van der Waals surface area (Å²) in [5.41, 5.74) is 12.6. The molecule has 1 amide bonds. The molecule has 18 heavy (non-hydrogen) atoms. The molecule has 1 saturated heterocycles. The summed E-state index contributed by atoms with van der Waals surface area (Å²) in [4.78, 5) is 25.0. The minimum Gasteiger partial charge on any atom is -0.465 e. The minimum absolute atomic E-state index is 0.134. The number of benzene rings is 1. The molecule has 1 aromatic carbocycles. The highest BCUT2D eigenvalue weighted by molar-refractivity contribution is 6.07. The molecule has 1 unspecified atom stereocenters. The van der Waals surface area contributed by atoms with Gasteiger partial charge in [-0.2, -0.15) is 0 Å². The van der Waals surface area contributed by atoms with Crippen molar-refractivity contribution in [3.63, 3.8) is 0 Å². The number of carbonyl (C=O) groups is 2. The van der Waals surface area contributed by atoms with E-state index in [-0.39, 0.29) is 23.9 Å². The zero-order valence-corrected chi connectivity index (χ0v) is 10.1. The Balaban J connectivity index is 2.49. The first-order valence-electron chi connectivity index (χ1n) is 5.57. The van der Waals surface area contributed by atoms with Gasteiger partial charge >= 0.3 is 5.97 Å². The van der Waals surface area contributed by atoms with Gasteiger partial charge in [0.1, 0.15) is 0 Å². The number of methoxy groups -OCH3 is 1. The normalized spacial score (nSPS) is 19.1. The molecule has 6 nitrogen and oxygen atoms in total. The lowest BCUT2D eigenvalue weighted by Gasteiger charge is -2.20. The number of amides is 1. The Morgan fingerprint density at radius 3 is 2.78 bits per heavy atom. The molecule has 0 aromatic heterocycles. The van der Waals surface area contributed by atoms with E-state index in [1.165, 1.54) is 12.0 Å². The average Bonchev–Trinajstić information content (AvgIpc) is 2.67. The summed E-state index contributed by atoms with van der Waals surface area (Å²) in [6.45, 7) is 0.358. The van der Waals surface area contributed by atoms with Crippen molar-refractivity contribution in [1.82, 2.24) is 0 Å². The topological polar surface area (TPSA) is 98.7 Å². The summed E-state index contributed by atoms with van der Waals surface area (Å²) < 4.78 is 4.69. The molecule has 4 N–H and O–H groups in total. The first-order valence-corrected chi connectivity index (χ1v) is 5.57. The largest absolute Gasteiger partial charge is 0.465 e. The van der Waals surface area contributed by atoms with Crippen LogP contribution in [0.5, 0.6) is 0 Å². The van der Waals surface area contributed by atoms with Crippen LogP contribution in [0.1, 0.15) is 16.8 Å². The van der Waals surface area contributed by atoms with Gasteiger partial charge in [0.15, 0.2) is 0 Å². The monoisotopic (exact) mass is 249 g/mol. The van der Waals surface area contributed by atoms with Crippen molar-refractivity contribution in [2.24, 2.45) is 5.73 Å². The first kappa shape index (κ1) is 12.4. The number of nitrogens with two attached hydrogens (primary N) is 2. The highest BCUT2D eigenvalue weighted by atomic mass is 16.5. The molecule has 1 heterocycles. The Bertz CT molecular complexity index is 501. The summed E-state index contributed by atoms with van der Waals surface area (Å²) in [7, 11) is 1.28. The molecule has 1 atom stereocenters. The van der Waals surface area contributed by atoms with Gasteiger partial charge in [-0.25, -0.2) is 4.79 Å². The van der Waals surface area contributed by atoms with E-state index in [2.05, 4.69) is 4.74 Å². The van der Waals surface area contributed by atoms with Crippen LogP contribution in [0.25, 0.3) is 0 Å². The number of hydrogen-bond donors (Lipinski definition) is 2. The molecule has 0 bridgehead atoms. The number of esters is 1. The van der Waals surface area contributed by atoms with Crippen LogP contribution < -0.4 is 16.4 Å². The van der Waals surface area contributed by atoms with Crippen LogP contribution in [0.2, 0.25) is 0 Å². The number of nitrogen functional groups attached to an aromatic ring is 1. The zero-order valence-electron chi connectivity index (χ0n) is 10.1. The molecule has 0 spiro atoms. The van der Waals surface area contributed by atoms with Crippen molar-refractivity contribution in [3.8, 4) is 0 Å². The van der Waals surface area contributed by atoms with Crippen LogP contribution >= 0.6 is 0 Å². The molecule has 0 radical (unpaired) electrons. The van der Waals surface area contributed by atoms with Gasteiger partial charge in [-0.3, -0.25) is 4.79 Å². The number of ether oxygens (including phenoxy) is 1. The Morgan fingerprint density at radius 2 is 2.22 bits per heavy atom. The fourth-order valence-electron chi connectivity index (χ4n) is 2.09. The van der Waals surface area contributed by atoms with Crippen LogP contribution in [0, 0.1) is 0 Å². The lowest BCUT2D eigenvalue weighted by Crippen LogP contribution is -2.30. The van der Waals surface area contributed by atoms with E-state index in [1.807, 2.05) is 0 Å². The molecule has 1 aliphatic rings. The van der Waals surface area contributed by atoms with E-state index in [0.717, 1.165) is 0 Å². The Labute approximate surface area is 104 Å². The van der Waals surface area contributed by atoms with Crippen molar-refractivity contribution in [3.05, 3.63) is 23.8 Å². The lowest BCUT2D eigenvalue weighted by molar-refractivity contribution is -0.117. The number of hydrogen-bond acceptors (Lipinski definition) is 5. The third kappa shape index (κ3) is 2.02. The highest BCUT2D eigenvalue weighted by Gasteiger charge is 2.32. The van der Waals surface area contributed by atoms with Crippen molar-refractivity contribution in [1.29, 1.82) is 0 Å². The molecule has 1 fully saturated rings. The quantitative estimate of drug-likeness (QED) is 0.573. The fourth-order valence-corrected chi connectivity index (χ4v) is 2.09. The van der Waals surface area contributed by atoms with E-state index in [0.29, 0.717) is 17.9 Å². The fraction of sp³-hybridized carbons (Fsp3) is 0.333.